The lowest BCUT2D eigenvalue weighted by molar-refractivity contribution is -0.121. The summed E-state index contributed by atoms with van der Waals surface area (Å²) in [5.41, 5.74) is 0. The summed E-state index contributed by atoms with van der Waals surface area (Å²) in [6, 6.07) is 0. The molecular formula is C16H30N2O. The molecule has 1 aliphatic carbocycles. The number of nitrogens with one attached hydrogen (secondary N) is 2. The SMILES string of the molecule is CC1CCCCC1CNC(=O)CCC1CCNCC1. The lowest BCUT2D eigenvalue weighted by atomic mass is 9.80. The number of carbonyl (C=O) groups excluding carboxylic acids is 1. The summed E-state index contributed by atoms with van der Waals surface area (Å²) in [7, 11) is 0. The van der Waals surface area contributed by atoms with Gasteiger partial charge in [0.2, 0.25) is 5.91 Å². The van der Waals surface area contributed by atoms with Crippen LogP contribution in [0.25, 0.3) is 0 Å². The monoisotopic (exact) mass is 266 g/mol. The minimum Gasteiger partial charge on any atom is -0.356 e. The van der Waals surface area contributed by atoms with Crippen molar-refractivity contribution >= 4 is 5.91 Å². The minimum absolute atomic E-state index is 0.274. The van der Waals surface area contributed by atoms with E-state index in [1.165, 1.54) is 38.5 Å². The van der Waals surface area contributed by atoms with E-state index < -0.39 is 0 Å². The van der Waals surface area contributed by atoms with Crippen LogP contribution in [0.2, 0.25) is 0 Å². The van der Waals surface area contributed by atoms with Crippen LogP contribution >= 0.6 is 0 Å². The Bertz CT molecular complexity index is 274. The van der Waals surface area contributed by atoms with Gasteiger partial charge in [0.1, 0.15) is 0 Å². The third-order valence-corrected chi connectivity index (χ3v) is 5.09. The van der Waals surface area contributed by atoms with Gasteiger partial charge in [-0.05, 0) is 56.5 Å². The maximum atomic E-state index is 11.9. The molecule has 1 saturated carbocycles. The first-order valence-corrected chi connectivity index (χ1v) is 8.23. The van der Waals surface area contributed by atoms with E-state index in [1.54, 1.807) is 0 Å². The molecule has 1 saturated heterocycles. The Kier molecular flexibility index (Phi) is 6.15. The van der Waals surface area contributed by atoms with Gasteiger partial charge < -0.3 is 10.6 Å². The van der Waals surface area contributed by atoms with Crippen molar-refractivity contribution in [2.24, 2.45) is 17.8 Å². The van der Waals surface area contributed by atoms with Crippen molar-refractivity contribution in [2.45, 2.75) is 58.3 Å². The van der Waals surface area contributed by atoms with Crippen molar-refractivity contribution < 1.29 is 4.79 Å². The second kappa shape index (κ2) is 7.88. The second-order valence-corrected chi connectivity index (χ2v) is 6.56. The largest absolute Gasteiger partial charge is 0.356 e. The molecule has 1 heterocycles. The lowest BCUT2D eigenvalue weighted by Gasteiger charge is -2.29. The molecule has 0 radical (unpaired) electrons. The third kappa shape index (κ3) is 5.13. The fourth-order valence-electron chi connectivity index (χ4n) is 3.54. The first kappa shape index (κ1) is 14.8. The van der Waals surface area contributed by atoms with Gasteiger partial charge in [0, 0.05) is 13.0 Å². The number of hydrogen-bond donors (Lipinski definition) is 2. The third-order valence-electron chi connectivity index (χ3n) is 5.09. The van der Waals surface area contributed by atoms with Crippen molar-refractivity contribution in [1.29, 1.82) is 0 Å². The van der Waals surface area contributed by atoms with E-state index in [9.17, 15) is 4.79 Å². The predicted molar refractivity (Wildman–Crippen MR) is 79.0 cm³/mol. The number of rotatable bonds is 5. The van der Waals surface area contributed by atoms with Crippen LogP contribution in [0.1, 0.15) is 58.3 Å². The summed E-state index contributed by atoms with van der Waals surface area (Å²) >= 11 is 0. The van der Waals surface area contributed by atoms with Gasteiger partial charge in [-0.25, -0.2) is 0 Å². The Morgan fingerprint density at radius 3 is 2.63 bits per heavy atom. The van der Waals surface area contributed by atoms with Crippen LogP contribution in [0.3, 0.4) is 0 Å². The van der Waals surface area contributed by atoms with E-state index in [1.807, 2.05) is 0 Å². The van der Waals surface area contributed by atoms with Crippen molar-refractivity contribution in [1.82, 2.24) is 10.6 Å². The van der Waals surface area contributed by atoms with Crippen molar-refractivity contribution in [3.63, 3.8) is 0 Å². The lowest BCUT2D eigenvalue weighted by Crippen LogP contribution is -2.34. The number of piperidine rings is 1. The molecule has 2 atom stereocenters. The van der Waals surface area contributed by atoms with Crippen LogP contribution < -0.4 is 10.6 Å². The van der Waals surface area contributed by atoms with E-state index in [-0.39, 0.29) is 5.91 Å². The van der Waals surface area contributed by atoms with Gasteiger partial charge in [-0.2, -0.15) is 0 Å². The summed E-state index contributed by atoms with van der Waals surface area (Å²) in [6.45, 7) is 5.51. The maximum Gasteiger partial charge on any atom is 0.220 e. The molecule has 110 valence electrons. The standard InChI is InChI=1S/C16H30N2O/c1-13-4-2-3-5-15(13)12-18-16(19)7-6-14-8-10-17-11-9-14/h13-15,17H,2-12H2,1H3,(H,18,19). The summed E-state index contributed by atoms with van der Waals surface area (Å²) in [5.74, 6) is 2.55. The maximum absolute atomic E-state index is 11.9. The van der Waals surface area contributed by atoms with Crippen LogP contribution in [0.4, 0.5) is 0 Å². The number of carbonyl (C=O) groups is 1. The molecule has 19 heavy (non-hydrogen) atoms. The Morgan fingerprint density at radius 1 is 1.16 bits per heavy atom. The van der Waals surface area contributed by atoms with Gasteiger partial charge in [-0.3, -0.25) is 4.79 Å². The van der Waals surface area contributed by atoms with E-state index in [0.717, 1.165) is 50.2 Å². The molecule has 0 spiro atoms. The first-order chi connectivity index (χ1) is 9.25. The molecule has 2 unspecified atom stereocenters. The molecular weight excluding hydrogens is 236 g/mol. The molecule has 2 aliphatic rings. The van der Waals surface area contributed by atoms with E-state index in [2.05, 4.69) is 17.6 Å². The van der Waals surface area contributed by atoms with E-state index >= 15 is 0 Å². The summed E-state index contributed by atoms with van der Waals surface area (Å²) in [6.07, 6.45) is 9.66. The average molecular weight is 266 g/mol. The number of hydrogen-bond acceptors (Lipinski definition) is 2. The zero-order chi connectivity index (χ0) is 13.5. The first-order valence-electron chi connectivity index (χ1n) is 8.23. The molecule has 0 aromatic carbocycles. The fraction of sp³-hybridized carbons (Fsp3) is 0.938. The van der Waals surface area contributed by atoms with Crippen LogP contribution in [-0.2, 0) is 4.79 Å². The topological polar surface area (TPSA) is 41.1 Å². The number of amides is 1. The van der Waals surface area contributed by atoms with Gasteiger partial charge in [0.15, 0.2) is 0 Å². The average Bonchev–Trinajstić information content (AvgIpc) is 2.45. The van der Waals surface area contributed by atoms with Gasteiger partial charge in [-0.1, -0.05) is 26.2 Å². The fourth-order valence-corrected chi connectivity index (χ4v) is 3.54. The van der Waals surface area contributed by atoms with Crippen LogP contribution in [-0.4, -0.2) is 25.5 Å². The molecule has 1 amide bonds. The van der Waals surface area contributed by atoms with E-state index in [4.69, 9.17) is 0 Å². The Hall–Kier alpha value is -0.570. The Balaban J connectivity index is 1.58. The highest BCUT2D eigenvalue weighted by Crippen LogP contribution is 2.28. The molecule has 0 aromatic rings. The smallest absolute Gasteiger partial charge is 0.220 e. The quantitative estimate of drug-likeness (QED) is 0.803. The highest BCUT2D eigenvalue weighted by atomic mass is 16.1. The highest BCUT2D eigenvalue weighted by molar-refractivity contribution is 5.75. The minimum atomic E-state index is 0.274. The molecule has 3 nitrogen and oxygen atoms in total. The zero-order valence-electron chi connectivity index (χ0n) is 12.4. The predicted octanol–water partition coefficient (Wildman–Crippen LogP) is 2.71. The molecule has 1 aliphatic heterocycles. The summed E-state index contributed by atoms with van der Waals surface area (Å²) in [4.78, 5) is 11.9. The van der Waals surface area contributed by atoms with E-state index in [0.29, 0.717) is 0 Å². The van der Waals surface area contributed by atoms with Gasteiger partial charge in [0.25, 0.3) is 0 Å². The molecule has 2 N–H and O–H groups in total. The van der Waals surface area contributed by atoms with Crippen molar-refractivity contribution in [3.8, 4) is 0 Å². The van der Waals surface area contributed by atoms with Crippen LogP contribution in [0.15, 0.2) is 0 Å². The molecule has 3 heteroatoms. The molecule has 0 bridgehead atoms. The van der Waals surface area contributed by atoms with Gasteiger partial charge >= 0.3 is 0 Å². The Labute approximate surface area is 117 Å². The zero-order valence-corrected chi connectivity index (χ0v) is 12.4. The van der Waals surface area contributed by atoms with Gasteiger partial charge in [0.05, 0.1) is 0 Å². The van der Waals surface area contributed by atoms with Crippen LogP contribution in [0.5, 0.6) is 0 Å². The Morgan fingerprint density at radius 2 is 1.89 bits per heavy atom. The van der Waals surface area contributed by atoms with Crippen LogP contribution in [0, 0.1) is 17.8 Å². The molecule has 0 aromatic heterocycles. The normalized spacial score (nSPS) is 29.1. The van der Waals surface area contributed by atoms with Gasteiger partial charge in [-0.15, -0.1) is 0 Å². The molecule has 2 fully saturated rings. The second-order valence-electron chi connectivity index (χ2n) is 6.56. The molecule has 2 rings (SSSR count). The van der Waals surface area contributed by atoms with Crippen molar-refractivity contribution in [2.75, 3.05) is 19.6 Å². The summed E-state index contributed by atoms with van der Waals surface area (Å²) in [5, 5.41) is 6.54. The highest BCUT2D eigenvalue weighted by Gasteiger charge is 2.21. The summed E-state index contributed by atoms with van der Waals surface area (Å²) < 4.78 is 0. The van der Waals surface area contributed by atoms with Crippen molar-refractivity contribution in [3.05, 3.63) is 0 Å².